The molecule has 0 aliphatic rings. The number of ketones is 1. The first-order valence-electron chi connectivity index (χ1n) is 4.66. The zero-order valence-electron chi connectivity index (χ0n) is 8.54. The third-order valence-electron chi connectivity index (χ3n) is 2.28. The number of halogens is 1. The van der Waals surface area contributed by atoms with Crippen molar-refractivity contribution < 1.29 is 9.18 Å². The maximum Gasteiger partial charge on any atom is 0.160 e. The SMILES string of the molecule is CC(=O)c1cc(C)nc2ccc(F)cc12. The summed E-state index contributed by atoms with van der Waals surface area (Å²) in [5.74, 6) is -0.424. The average molecular weight is 203 g/mol. The first-order valence-corrected chi connectivity index (χ1v) is 4.66. The van der Waals surface area contributed by atoms with Crippen LogP contribution in [0.5, 0.6) is 0 Å². The third-order valence-corrected chi connectivity index (χ3v) is 2.28. The van der Waals surface area contributed by atoms with E-state index in [0.29, 0.717) is 16.5 Å². The molecule has 0 atom stereocenters. The number of nitrogens with zero attached hydrogens (tertiary/aromatic N) is 1. The zero-order chi connectivity index (χ0) is 11.0. The summed E-state index contributed by atoms with van der Waals surface area (Å²) in [5, 5.41) is 0.577. The maximum absolute atomic E-state index is 13.0. The van der Waals surface area contributed by atoms with Crippen molar-refractivity contribution in [2.75, 3.05) is 0 Å². The Morgan fingerprint density at radius 3 is 2.73 bits per heavy atom. The van der Waals surface area contributed by atoms with Gasteiger partial charge in [-0.2, -0.15) is 0 Å². The third kappa shape index (κ3) is 1.73. The van der Waals surface area contributed by atoms with Crippen molar-refractivity contribution in [1.82, 2.24) is 4.98 Å². The van der Waals surface area contributed by atoms with Crippen LogP contribution in [0.2, 0.25) is 0 Å². The molecule has 0 saturated heterocycles. The molecular formula is C12H10FNO. The van der Waals surface area contributed by atoms with Crippen molar-refractivity contribution in [2.45, 2.75) is 13.8 Å². The van der Waals surface area contributed by atoms with E-state index in [4.69, 9.17) is 0 Å². The molecular weight excluding hydrogens is 193 g/mol. The van der Waals surface area contributed by atoms with Crippen LogP contribution < -0.4 is 0 Å². The smallest absolute Gasteiger partial charge is 0.160 e. The Bertz CT molecular complexity index is 549. The normalized spacial score (nSPS) is 10.6. The van der Waals surface area contributed by atoms with Crippen molar-refractivity contribution in [3.8, 4) is 0 Å². The molecule has 1 heterocycles. The molecule has 0 aliphatic carbocycles. The van der Waals surface area contributed by atoms with Crippen LogP contribution in [-0.4, -0.2) is 10.8 Å². The summed E-state index contributed by atoms with van der Waals surface area (Å²) in [6.07, 6.45) is 0. The summed E-state index contributed by atoms with van der Waals surface area (Å²) in [4.78, 5) is 15.6. The van der Waals surface area contributed by atoms with Gasteiger partial charge in [0, 0.05) is 16.6 Å². The summed E-state index contributed by atoms with van der Waals surface area (Å²) < 4.78 is 13.0. The highest BCUT2D eigenvalue weighted by molar-refractivity contribution is 6.06. The Morgan fingerprint density at radius 2 is 2.07 bits per heavy atom. The van der Waals surface area contributed by atoms with Crippen LogP contribution in [0.25, 0.3) is 10.9 Å². The lowest BCUT2D eigenvalue weighted by atomic mass is 10.0. The van der Waals surface area contributed by atoms with E-state index in [-0.39, 0.29) is 11.6 Å². The minimum absolute atomic E-state index is 0.0731. The molecule has 1 aromatic carbocycles. The van der Waals surface area contributed by atoms with Gasteiger partial charge in [0.2, 0.25) is 0 Å². The second-order valence-electron chi connectivity index (χ2n) is 3.53. The average Bonchev–Trinajstić information content (AvgIpc) is 2.17. The fourth-order valence-corrected chi connectivity index (χ4v) is 1.62. The number of benzene rings is 1. The number of pyridine rings is 1. The summed E-state index contributed by atoms with van der Waals surface area (Å²) >= 11 is 0. The Balaban J connectivity index is 2.87. The van der Waals surface area contributed by atoms with Crippen LogP contribution in [0.1, 0.15) is 23.0 Å². The van der Waals surface area contributed by atoms with Crippen LogP contribution in [0.4, 0.5) is 4.39 Å². The minimum atomic E-state index is -0.351. The second kappa shape index (κ2) is 3.42. The number of carbonyl (C=O) groups excluding carboxylic acids is 1. The number of hydrogen-bond acceptors (Lipinski definition) is 2. The molecule has 15 heavy (non-hydrogen) atoms. The highest BCUT2D eigenvalue weighted by atomic mass is 19.1. The van der Waals surface area contributed by atoms with Crippen LogP contribution in [-0.2, 0) is 0 Å². The van der Waals surface area contributed by atoms with Gasteiger partial charge in [0.1, 0.15) is 5.82 Å². The van der Waals surface area contributed by atoms with Crippen LogP contribution in [0.3, 0.4) is 0 Å². The fraction of sp³-hybridized carbons (Fsp3) is 0.167. The van der Waals surface area contributed by atoms with Crippen LogP contribution in [0, 0.1) is 12.7 Å². The van der Waals surface area contributed by atoms with Gasteiger partial charge in [0.05, 0.1) is 5.52 Å². The van der Waals surface area contributed by atoms with Crippen LogP contribution >= 0.6 is 0 Å². The molecule has 0 saturated carbocycles. The first-order chi connectivity index (χ1) is 7.08. The lowest BCUT2D eigenvalue weighted by Gasteiger charge is -2.04. The van der Waals surface area contributed by atoms with Gasteiger partial charge in [0.25, 0.3) is 0 Å². The lowest BCUT2D eigenvalue weighted by Crippen LogP contribution is -1.97. The van der Waals surface area contributed by atoms with Crippen LogP contribution in [0.15, 0.2) is 24.3 Å². The van der Waals surface area contributed by atoms with Gasteiger partial charge >= 0.3 is 0 Å². The van der Waals surface area contributed by atoms with Gasteiger partial charge in [-0.25, -0.2) is 4.39 Å². The molecule has 2 nitrogen and oxygen atoms in total. The lowest BCUT2D eigenvalue weighted by molar-refractivity contribution is 0.101. The van der Waals surface area contributed by atoms with E-state index in [1.807, 2.05) is 6.92 Å². The number of hydrogen-bond donors (Lipinski definition) is 0. The van der Waals surface area contributed by atoms with E-state index >= 15 is 0 Å². The van der Waals surface area contributed by atoms with Crippen molar-refractivity contribution in [3.63, 3.8) is 0 Å². The molecule has 0 fully saturated rings. The van der Waals surface area contributed by atoms with Crippen molar-refractivity contribution >= 4 is 16.7 Å². The standard InChI is InChI=1S/C12H10FNO/c1-7-5-10(8(2)15)11-6-9(13)3-4-12(11)14-7/h3-6H,1-2H3. The summed E-state index contributed by atoms with van der Waals surface area (Å²) in [6.45, 7) is 3.29. The molecule has 2 aromatic rings. The molecule has 76 valence electrons. The molecule has 1 aromatic heterocycles. The van der Waals surface area contributed by atoms with E-state index in [1.54, 1.807) is 12.1 Å². The number of carbonyl (C=O) groups is 1. The molecule has 0 aliphatic heterocycles. The molecule has 0 unspecified atom stereocenters. The van der Waals surface area contributed by atoms with E-state index < -0.39 is 0 Å². The number of Topliss-reactive ketones (excluding diaryl/α,β-unsaturated/α-hetero) is 1. The van der Waals surface area contributed by atoms with Gasteiger partial charge < -0.3 is 0 Å². The first kappa shape index (κ1) is 9.77. The van der Waals surface area contributed by atoms with Gasteiger partial charge in [-0.1, -0.05) is 0 Å². The number of aryl methyl sites for hydroxylation is 1. The molecule has 0 spiro atoms. The fourth-order valence-electron chi connectivity index (χ4n) is 1.62. The summed E-state index contributed by atoms with van der Waals surface area (Å²) in [6, 6.07) is 5.96. The Morgan fingerprint density at radius 1 is 1.33 bits per heavy atom. The molecule has 0 bridgehead atoms. The predicted octanol–water partition coefficient (Wildman–Crippen LogP) is 2.88. The molecule has 0 N–H and O–H groups in total. The Kier molecular flexibility index (Phi) is 2.23. The quantitative estimate of drug-likeness (QED) is 0.667. The number of aromatic nitrogens is 1. The topological polar surface area (TPSA) is 30.0 Å². The van der Waals surface area contributed by atoms with Crippen molar-refractivity contribution in [3.05, 3.63) is 41.3 Å². The maximum atomic E-state index is 13.0. The predicted molar refractivity (Wildman–Crippen MR) is 56.4 cm³/mol. The zero-order valence-corrected chi connectivity index (χ0v) is 8.54. The highest BCUT2D eigenvalue weighted by Gasteiger charge is 2.08. The van der Waals surface area contributed by atoms with E-state index in [9.17, 15) is 9.18 Å². The van der Waals surface area contributed by atoms with E-state index in [1.165, 1.54) is 19.1 Å². The largest absolute Gasteiger partial charge is 0.294 e. The second-order valence-corrected chi connectivity index (χ2v) is 3.53. The number of fused-ring (bicyclic) bond motifs is 1. The summed E-state index contributed by atoms with van der Waals surface area (Å²) in [7, 11) is 0. The molecule has 0 radical (unpaired) electrons. The summed E-state index contributed by atoms with van der Waals surface area (Å²) in [5.41, 5.74) is 1.94. The van der Waals surface area contributed by atoms with Gasteiger partial charge in [-0.3, -0.25) is 9.78 Å². The number of rotatable bonds is 1. The minimum Gasteiger partial charge on any atom is -0.294 e. The highest BCUT2D eigenvalue weighted by Crippen LogP contribution is 2.19. The van der Waals surface area contributed by atoms with Gasteiger partial charge in [-0.15, -0.1) is 0 Å². The molecule has 0 amide bonds. The molecule has 3 heteroatoms. The van der Waals surface area contributed by atoms with Gasteiger partial charge in [0.15, 0.2) is 5.78 Å². The Labute approximate surface area is 86.8 Å². The van der Waals surface area contributed by atoms with Crippen molar-refractivity contribution in [1.29, 1.82) is 0 Å². The molecule has 2 rings (SSSR count). The Hall–Kier alpha value is -1.77. The monoisotopic (exact) mass is 203 g/mol. The van der Waals surface area contributed by atoms with E-state index in [0.717, 1.165) is 5.69 Å². The van der Waals surface area contributed by atoms with E-state index in [2.05, 4.69) is 4.98 Å². The van der Waals surface area contributed by atoms with Crippen molar-refractivity contribution in [2.24, 2.45) is 0 Å². The van der Waals surface area contributed by atoms with Gasteiger partial charge in [-0.05, 0) is 38.1 Å².